The largest absolute Gasteiger partial charge is 0.455 e. The summed E-state index contributed by atoms with van der Waals surface area (Å²) < 4.78 is 6.68. The molecule has 316 valence electrons. The van der Waals surface area contributed by atoms with Gasteiger partial charge in [0.1, 0.15) is 11.2 Å². The topological polar surface area (TPSA) is 38.9 Å². The summed E-state index contributed by atoms with van der Waals surface area (Å²) in [5.41, 5.74) is 22.5. The summed E-state index contributed by atoms with van der Waals surface area (Å²) in [5.74, 6) is 0.604. The molecule has 14 rings (SSSR count). The van der Waals surface area contributed by atoms with Crippen molar-refractivity contribution in [2.45, 2.75) is 5.41 Å². The molecule has 68 heavy (non-hydrogen) atoms. The molecule has 0 atom stereocenters. The van der Waals surface area contributed by atoms with Gasteiger partial charge < -0.3 is 4.42 Å². The fourth-order valence-corrected chi connectivity index (χ4v) is 11.4. The Hall–Kier alpha value is -8.92. The number of fused-ring (bicyclic) bond motifs is 15. The standard InChI is InChI=1S/C65H40N2O/c1-3-18-41(19-4-1)44-36-45(42-20-5-2-6-21-42)38-46(37-44)61-40-60(66-64(67-61)55-29-17-28-54-53-27-12-16-33-62(53)68-63(54)55)43-34-35-52-51-26-11-15-32-58(51)65(59(52)39-43)56-30-13-9-24-49(56)47-22-7-8-23-48(47)50-25-10-14-31-57(50)65/h1-40H. The van der Waals surface area contributed by atoms with Gasteiger partial charge in [-0.1, -0.05) is 200 Å². The first-order chi connectivity index (χ1) is 33.7. The van der Waals surface area contributed by atoms with Gasteiger partial charge in [-0.15, -0.1) is 0 Å². The first kappa shape index (κ1) is 38.4. The molecule has 0 amide bonds. The minimum absolute atomic E-state index is 0.604. The van der Waals surface area contributed by atoms with Crippen molar-refractivity contribution < 1.29 is 4.42 Å². The van der Waals surface area contributed by atoms with E-state index < -0.39 is 5.41 Å². The number of rotatable bonds is 5. The number of aromatic nitrogens is 2. The molecule has 0 bridgehead atoms. The molecule has 12 aromatic rings. The van der Waals surface area contributed by atoms with Crippen LogP contribution in [0.15, 0.2) is 247 Å². The summed E-state index contributed by atoms with van der Waals surface area (Å²) >= 11 is 0. The maximum Gasteiger partial charge on any atom is 0.164 e. The van der Waals surface area contributed by atoms with Gasteiger partial charge in [0.05, 0.1) is 22.4 Å². The van der Waals surface area contributed by atoms with E-state index in [9.17, 15) is 0 Å². The van der Waals surface area contributed by atoms with Gasteiger partial charge in [-0.2, -0.15) is 0 Å². The lowest BCUT2D eigenvalue weighted by atomic mass is 9.65. The highest BCUT2D eigenvalue weighted by Gasteiger charge is 2.49. The maximum atomic E-state index is 6.68. The van der Waals surface area contributed by atoms with E-state index in [1.54, 1.807) is 0 Å². The average molecular weight is 865 g/mol. The lowest BCUT2D eigenvalue weighted by molar-refractivity contribution is 0.669. The summed E-state index contributed by atoms with van der Waals surface area (Å²) in [6.07, 6.45) is 0. The van der Waals surface area contributed by atoms with E-state index in [0.717, 1.165) is 72.3 Å². The van der Waals surface area contributed by atoms with Crippen molar-refractivity contribution in [3.63, 3.8) is 0 Å². The Bertz CT molecular complexity index is 3850. The molecule has 0 saturated heterocycles. The summed E-state index contributed by atoms with van der Waals surface area (Å²) in [6, 6.07) is 87.8. The van der Waals surface area contributed by atoms with E-state index in [-0.39, 0.29) is 0 Å². The molecule has 2 aliphatic rings. The van der Waals surface area contributed by atoms with Crippen LogP contribution >= 0.6 is 0 Å². The van der Waals surface area contributed by atoms with E-state index in [1.807, 2.05) is 12.1 Å². The third-order valence-corrected chi connectivity index (χ3v) is 14.3. The van der Waals surface area contributed by atoms with Crippen LogP contribution in [-0.2, 0) is 5.41 Å². The molecule has 2 aliphatic carbocycles. The Morgan fingerprint density at radius 1 is 0.279 bits per heavy atom. The molecule has 2 heterocycles. The van der Waals surface area contributed by atoms with E-state index in [0.29, 0.717) is 5.82 Å². The molecule has 3 heteroatoms. The second kappa shape index (κ2) is 15.1. The summed E-state index contributed by atoms with van der Waals surface area (Å²) in [6.45, 7) is 0. The Morgan fingerprint density at radius 3 is 1.35 bits per heavy atom. The highest BCUT2D eigenvalue weighted by Crippen LogP contribution is 2.61. The van der Waals surface area contributed by atoms with Crippen LogP contribution in [0.1, 0.15) is 22.3 Å². The molecule has 2 aromatic heterocycles. The average Bonchev–Trinajstić information content (AvgIpc) is 3.91. The molecular formula is C65H40N2O. The van der Waals surface area contributed by atoms with Gasteiger partial charge in [0.15, 0.2) is 5.82 Å². The molecule has 0 fully saturated rings. The van der Waals surface area contributed by atoms with Crippen LogP contribution in [0.25, 0.3) is 111 Å². The van der Waals surface area contributed by atoms with Gasteiger partial charge in [-0.25, -0.2) is 9.97 Å². The minimum atomic E-state index is -0.624. The minimum Gasteiger partial charge on any atom is -0.455 e. The first-order valence-electron chi connectivity index (χ1n) is 23.3. The molecule has 3 nitrogen and oxygen atoms in total. The molecule has 1 spiro atoms. The summed E-state index contributed by atoms with van der Waals surface area (Å²) in [4.78, 5) is 11.1. The third kappa shape index (κ3) is 5.72. The van der Waals surface area contributed by atoms with E-state index in [4.69, 9.17) is 14.4 Å². The maximum absolute atomic E-state index is 6.68. The molecule has 0 radical (unpaired) electrons. The van der Waals surface area contributed by atoms with Crippen LogP contribution in [0, 0.1) is 0 Å². The fraction of sp³-hybridized carbons (Fsp3) is 0.0154. The van der Waals surface area contributed by atoms with Crippen molar-refractivity contribution in [1.29, 1.82) is 0 Å². The van der Waals surface area contributed by atoms with Gasteiger partial charge >= 0.3 is 0 Å². The number of nitrogens with zero attached hydrogens (tertiary/aromatic N) is 2. The van der Waals surface area contributed by atoms with Gasteiger partial charge in [-0.3, -0.25) is 0 Å². The second-order valence-corrected chi connectivity index (χ2v) is 18.0. The van der Waals surface area contributed by atoms with Gasteiger partial charge in [0.25, 0.3) is 0 Å². The van der Waals surface area contributed by atoms with Crippen molar-refractivity contribution in [3.05, 3.63) is 265 Å². The zero-order chi connectivity index (χ0) is 44.8. The van der Waals surface area contributed by atoms with Gasteiger partial charge in [0, 0.05) is 21.9 Å². The molecule has 0 unspecified atom stereocenters. The lowest BCUT2D eigenvalue weighted by Gasteiger charge is -2.35. The van der Waals surface area contributed by atoms with Crippen LogP contribution in [0.5, 0.6) is 0 Å². The smallest absolute Gasteiger partial charge is 0.164 e. The van der Waals surface area contributed by atoms with Crippen molar-refractivity contribution in [2.24, 2.45) is 0 Å². The Labute approximate surface area is 394 Å². The van der Waals surface area contributed by atoms with Crippen LogP contribution in [-0.4, -0.2) is 9.97 Å². The zero-order valence-corrected chi connectivity index (χ0v) is 36.9. The quantitative estimate of drug-likeness (QED) is 0.173. The van der Waals surface area contributed by atoms with E-state index >= 15 is 0 Å². The highest BCUT2D eigenvalue weighted by molar-refractivity contribution is 6.09. The number of para-hydroxylation sites is 2. The number of benzene rings is 10. The van der Waals surface area contributed by atoms with Crippen LogP contribution in [0.4, 0.5) is 0 Å². The second-order valence-electron chi connectivity index (χ2n) is 18.0. The van der Waals surface area contributed by atoms with Gasteiger partial charge in [-0.05, 0) is 120 Å². The van der Waals surface area contributed by atoms with Crippen molar-refractivity contribution >= 4 is 21.9 Å². The normalized spacial score (nSPS) is 12.8. The SMILES string of the molecule is c1ccc(-c2cc(-c3ccccc3)cc(-c3cc(-c4ccc5c(c4)C4(c6ccccc6-c6ccccc6-c6ccccc64)c4ccccc4-5)nc(-c4cccc5c4oc4ccccc45)n3)c2)cc1. The molecule has 10 aromatic carbocycles. The lowest BCUT2D eigenvalue weighted by Crippen LogP contribution is -2.29. The Kier molecular flexibility index (Phi) is 8.50. The monoisotopic (exact) mass is 864 g/mol. The van der Waals surface area contributed by atoms with Gasteiger partial charge in [0.2, 0.25) is 0 Å². The molecular weight excluding hydrogens is 825 g/mol. The van der Waals surface area contributed by atoms with Crippen molar-refractivity contribution in [2.75, 3.05) is 0 Å². The van der Waals surface area contributed by atoms with Crippen LogP contribution in [0.3, 0.4) is 0 Å². The third-order valence-electron chi connectivity index (χ3n) is 14.3. The predicted molar refractivity (Wildman–Crippen MR) is 278 cm³/mol. The summed E-state index contributed by atoms with van der Waals surface area (Å²) in [7, 11) is 0. The Morgan fingerprint density at radius 2 is 0.735 bits per heavy atom. The van der Waals surface area contributed by atoms with Crippen LogP contribution < -0.4 is 0 Å². The van der Waals surface area contributed by atoms with E-state index in [2.05, 4.69) is 231 Å². The molecule has 0 aliphatic heterocycles. The highest BCUT2D eigenvalue weighted by atomic mass is 16.3. The summed E-state index contributed by atoms with van der Waals surface area (Å²) in [5, 5.41) is 2.11. The fourth-order valence-electron chi connectivity index (χ4n) is 11.4. The Balaban J connectivity index is 1.05. The van der Waals surface area contributed by atoms with Crippen LogP contribution in [0.2, 0.25) is 0 Å². The zero-order valence-electron chi connectivity index (χ0n) is 36.9. The predicted octanol–water partition coefficient (Wildman–Crippen LogP) is 16.7. The number of hydrogen-bond donors (Lipinski definition) is 0. The van der Waals surface area contributed by atoms with Crippen molar-refractivity contribution in [3.8, 4) is 89.5 Å². The first-order valence-corrected chi connectivity index (χ1v) is 23.3. The number of furan rings is 1. The number of hydrogen-bond acceptors (Lipinski definition) is 3. The molecule has 0 N–H and O–H groups in total. The molecule has 0 saturated carbocycles. The van der Waals surface area contributed by atoms with E-state index in [1.165, 1.54) is 55.6 Å². The van der Waals surface area contributed by atoms with Crippen molar-refractivity contribution in [1.82, 2.24) is 9.97 Å².